The number of nitrogens with zero attached hydrogens (tertiary/aromatic N) is 1. The molecule has 2 aromatic rings. The molecule has 0 spiro atoms. The number of amides is 1. The first kappa shape index (κ1) is 13.9. The van der Waals surface area contributed by atoms with Gasteiger partial charge in [-0.2, -0.15) is 0 Å². The number of benzene rings is 2. The van der Waals surface area contributed by atoms with Crippen LogP contribution in [0.2, 0.25) is 0 Å². The van der Waals surface area contributed by atoms with Crippen LogP contribution in [0, 0.1) is 0 Å². The first-order valence-electron chi connectivity index (χ1n) is 7.59. The van der Waals surface area contributed by atoms with E-state index in [0.717, 1.165) is 11.6 Å². The van der Waals surface area contributed by atoms with Crippen molar-refractivity contribution >= 4 is 17.7 Å². The van der Waals surface area contributed by atoms with Crippen molar-refractivity contribution in [2.24, 2.45) is 0 Å². The molecular weight excluding hydrogens is 292 g/mol. The van der Waals surface area contributed by atoms with E-state index in [-0.39, 0.29) is 11.9 Å². The number of carbonyl (C=O) groups excluding carboxylic acids is 1. The average molecular weight is 310 g/mol. The maximum Gasteiger partial charge on any atom is 0.241 e. The fourth-order valence-corrected chi connectivity index (χ4v) is 4.17. The molecule has 22 heavy (non-hydrogen) atoms. The molecule has 1 saturated heterocycles. The molecule has 2 aromatic carbocycles. The Balaban J connectivity index is 1.75. The number of hydrogen-bond acceptors (Lipinski definition) is 3. The lowest BCUT2D eigenvalue weighted by Gasteiger charge is -2.24. The molecular formula is C18H18N2OS. The van der Waals surface area contributed by atoms with Crippen molar-refractivity contribution in [3.63, 3.8) is 0 Å². The molecule has 1 fully saturated rings. The average Bonchev–Trinajstić information content (AvgIpc) is 3.03. The van der Waals surface area contributed by atoms with E-state index in [2.05, 4.69) is 53.8 Å². The van der Waals surface area contributed by atoms with E-state index in [1.807, 2.05) is 4.90 Å². The van der Waals surface area contributed by atoms with Crippen molar-refractivity contribution in [2.45, 2.75) is 19.1 Å². The molecule has 1 amide bonds. The smallest absolute Gasteiger partial charge is 0.241 e. The van der Waals surface area contributed by atoms with E-state index in [1.165, 1.54) is 22.3 Å². The van der Waals surface area contributed by atoms with Crippen LogP contribution in [0.1, 0.15) is 11.1 Å². The van der Waals surface area contributed by atoms with E-state index in [4.69, 9.17) is 0 Å². The topological polar surface area (TPSA) is 32.3 Å². The summed E-state index contributed by atoms with van der Waals surface area (Å²) >= 11 is 1.79. The molecule has 4 heteroatoms. The second kappa shape index (κ2) is 5.78. The van der Waals surface area contributed by atoms with Crippen LogP contribution in [0.15, 0.2) is 48.5 Å². The van der Waals surface area contributed by atoms with Crippen molar-refractivity contribution in [1.82, 2.24) is 10.2 Å². The number of rotatable bonds is 1. The lowest BCUT2D eigenvalue weighted by molar-refractivity contribution is -0.133. The van der Waals surface area contributed by atoms with Crippen LogP contribution < -0.4 is 5.32 Å². The molecule has 2 aliphatic heterocycles. The van der Waals surface area contributed by atoms with Gasteiger partial charge in [0.05, 0.1) is 6.04 Å². The van der Waals surface area contributed by atoms with Crippen LogP contribution >= 0.6 is 11.8 Å². The Morgan fingerprint density at radius 3 is 2.14 bits per heavy atom. The predicted molar refractivity (Wildman–Crippen MR) is 90.4 cm³/mol. The summed E-state index contributed by atoms with van der Waals surface area (Å²) in [6.07, 6.45) is 0. The van der Waals surface area contributed by atoms with Crippen LogP contribution in [-0.2, 0) is 17.9 Å². The van der Waals surface area contributed by atoms with E-state index < -0.39 is 0 Å². The number of fused-ring (bicyclic) bond motifs is 3. The summed E-state index contributed by atoms with van der Waals surface area (Å²) in [5.41, 5.74) is 4.96. The van der Waals surface area contributed by atoms with Gasteiger partial charge in [0.25, 0.3) is 0 Å². The zero-order valence-corrected chi connectivity index (χ0v) is 13.1. The van der Waals surface area contributed by atoms with Gasteiger partial charge in [-0.3, -0.25) is 10.1 Å². The molecule has 0 aromatic heterocycles. The van der Waals surface area contributed by atoms with E-state index in [0.29, 0.717) is 13.1 Å². The minimum atomic E-state index is -0.0394. The zero-order valence-electron chi connectivity index (χ0n) is 12.3. The Hall–Kier alpha value is -1.78. The highest BCUT2D eigenvalue weighted by Gasteiger charge is 2.29. The SMILES string of the molecule is O=C(C1CSCN1)N1Cc2ccccc2-c2ccccc2C1. The highest BCUT2D eigenvalue weighted by atomic mass is 32.2. The first-order valence-corrected chi connectivity index (χ1v) is 8.74. The van der Waals surface area contributed by atoms with Gasteiger partial charge < -0.3 is 4.90 Å². The molecule has 1 unspecified atom stereocenters. The number of carbonyl (C=O) groups is 1. The van der Waals surface area contributed by atoms with E-state index in [9.17, 15) is 4.79 Å². The zero-order chi connectivity index (χ0) is 14.9. The van der Waals surface area contributed by atoms with Crippen molar-refractivity contribution < 1.29 is 4.79 Å². The van der Waals surface area contributed by atoms with Crippen molar-refractivity contribution in [3.8, 4) is 11.1 Å². The van der Waals surface area contributed by atoms with Crippen molar-refractivity contribution in [1.29, 1.82) is 0 Å². The first-order chi connectivity index (χ1) is 10.8. The largest absolute Gasteiger partial charge is 0.333 e. The number of nitrogens with one attached hydrogen (secondary N) is 1. The third kappa shape index (κ3) is 2.42. The van der Waals surface area contributed by atoms with E-state index in [1.54, 1.807) is 11.8 Å². The van der Waals surface area contributed by atoms with Crippen LogP contribution in [0.25, 0.3) is 11.1 Å². The minimum Gasteiger partial charge on any atom is -0.333 e. The fourth-order valence-electron chi connectivity index (χ4n) is 3.24. The van der Waals surface area contributed by atoms with Crippen LogP contribution in [0.4, 0.5) is 0 Å². The Bertz CT molecular complexity index is 662. The summed E-state index contributed by atoms with van der Waals surface area (Å²) in [7, 11) is 0. The highest BCUT2D eigenvalue weighted by molar-refractivity contribution is 7.99. The summed E-state index contributed by atoms with van der Waals surface area (Å²) in [6, 6.07) is 16.8. The molecule has 1 N–H and O–H groups in total. The monoisotopic (exact) mass is 310 g/mol. The Kier molecular flexibility index (Phi) is 3.64. The normalized spacial score (nSPS) is 20.2. The molecule has 0 saturated carbocycles. The maximum absolute atomic E-state index is 12.8. The predicted octanol–water partition coefficient (Wildman–Crippen LogP) is 2.86. The van der Waals surface area contributed by atoms with Crippen LogP contribution in [0.5, 0.6) is 0 Å². The van der Waals surface area contributed by atoms with Crippen molar-refractivity contribution in [2.75, 3.05) is 11.6 Å². The molecule has 1 atom stereocenters. The summed E-state index contributed by atoms with van der Waals surface area (Å²) in [5.74, 6) is 1.97. The van der Waals surface area contributed by atoms with Gasteiger partial charge in [0, 0.05) is 24.7 Å². The van der Waals surface area contributed by atoms with Gasteiger partial charge in [-0.15, -0.1) is 11.8 Å². The van der Waals surface area contributed by atoms with Gasteiger partial charge in [0.2, 0.25) is 5.91 Å². The Morgan fingerprint density at radius 2 is 1.59 bits per heavy atom. The van der Waals surface area contributed by atoms with E-state index >= 15 is 0 Å². The third-order valence-corrected chi connectivity index (χ3v) is 5.31. The third-order valence-electron chi connectivity index (χ3n) is 4.37. The van der Waals surface area contributed by atoms with Gasteiger partial charge in [-0.1, -0.05) is 48.5 Å². The van der Waals surface area contributed by atoms with Gasteiger partial charge in [-0.25, -0.2) is 0 Å². The fraction of sp³-hybridized carbons (Fsp3) is 0.278. The minimum absolute atomic E-state index is 0.0394. The lowest BCUT2D eigenvalue weighted by Crippen LogP contribution is -2.44. The second-order valence-corrected chi connectivity index (χ2v) is 6.81. The van der Waals surface area contributed by atoms with Gasteiger partial charge >= 0.3 is 0 Å². The summed E-state index contributed by atoms with van der Waals surface area (Å²) < 4.78 is 0. The Morgan fingerprint density at radius 1 is 1.00 bits per heavy atom. The van der Waals surface area contributed by atoms with Crippen LogP contribution in [0.3, 0.4) is 0 Å². The van der Waals surface area contributed by atoms with Gasteiger partial charge in [0.15, 0.2) is 0 Å². The molecule has 2 heterocycles. The molecule has 4 rings (SSSR count). The summed E-state index contributed by atoms with van der Waals surface area (Å²) in [6.45, 7) is 1.37. The lowest BCUT2D eigenvalue weighted by atomic mass is 9.97. The standard InChI is InChI=1S/C18H18N2OS/c21-18(17-11-22-12-19-17)20-9-13-5-1-3-7-15(13)16-8-4-2-6-14(16)10-20/h1-8,17,19H,9-12H2. The van der Waals surface area contributed by atoms with Gasteiger partial charge in [-0.05, 0) is 22.3 Å². The van der Waals surface area contributed by atoms with Crippen LogP contribution in [-0.4, -0.2) is 28.5 Å². The van der Waals surface area contributed by atoms with Gasteiger partial charge in [0.1, 0.15) is 0 Å². The second-order valence-electron chi connectivity index (χ2n) is 5.78. The summed E-state index contributed by atoms with van der Waals surface area (Å²) in [4.78, 5) is 14.8. The highest BCUT2D eigenvalue weighted by Crippen LogP contribution is 2.32. The molecule has 2 aliphatic rings. The van der Waals surface area contributed by atoms with Crippen molar-refractivity contribution in [3.05, 3.63) is 59.7 Å². The molecule has 112 valence electrons. The molecule has 3 nitrogen and oxygen atoms in total. The maximum atomic E-state index is 12.8. The number of hydrogen-bond donors (Lipinski definition) is 1. The molecule has 0 aliphatic carbocycles. The quantitative estimate of drug-likeness (QED) is 0.879. The molecule has 0 radical (unpaired) electrons. The Labute approximate surface area is 134 Å². The number of thioether (sulfide) groups is 1. The summed E-state index contributed by atoms with van der Waals surface area (Å²) in [5, 5.41) is 3.29. The molecule has 0 bridgehead atoms.